The van der Waals surface area contributed by atoms with Gasteiger partial charge in [-0.25, -0.2) is 4.68 Å². The molecule has 0 saturated heterocycles. The molecule has 3 N–H and O–H groups in total. The van der Waals surface area contributed by atoms with E-state index in [0.29, 0.717) is 39.7 Å². The van der Waals surface area contributed by atoms with Crippen LogP contribution in [0.4, 0.5) is 11.4 Å². The average Bonchev–Trinajstić information content (AvgIpc) is 3.19. The first-order valence-electron chi connectivity index (χ1n) is 10.6. The smallest absolute Gasteiger partial charge is 0.328 e. The highest BCUT2D eigenvalue weighted by atomic mass is 79.9. The van der Waals surface area contributed by atoms with Gasteiger partial charge in [-0.2, -0.15) is 0 Å². The van der Waals surface area contributed by atoms with Crippen molar-refractivity contribution in [1.29, 1.82) is 0 Å². The van der Waals surface area contributed by atoms with Crippen LogP contribution in [0.2, 0.25) is 5.02 Å². The summed E-state index contributed by atoms with van der Waals surface area (Å²) in [6.07, 6.45) is 0. The number of anilines is 2. The monoisotopic (exact) mass is 554 g/mol. The van der Waals surface area contributed by atoms with Crippen LogP contribution in [-0.4, -0.2) is 29.0 Å². The summed E-state index contributed by atoms with van der Waals surface area (Å²) in [5.41, 5.74) is 3.99. The summed E-state index contributed by atoms with van der Waals surface area (Å²) >= 11 is 9.57. The molecule has 0 radical (unpaired) electrons. The second-order valence-corrected chi connectivity index (χ2v) is 8.68. The van der Waals surface area contributed by atoms with Crippen LogP contribution in [0.15, 0.2) is 77.3 Å². The van der Waals surface area contributed by atoms with Crippen LogP contribution in [0.1, 0.15) is 17.4 Å². The topological polar surface area (TPSA) is 101 Å². The van der Waals surface area contributed by atoms with Gasteiger partial charge in [0.2, 0.25) is 0 Å². The van der Waals surface area contributed by atoms with E-state index < -0.39 is 17.7 Å². The molecule has 0 atom stereocenters. The third-order valence-corrected chi connectivity index (χ3v) is 5.78. The molecule has 8 nitrogen and oxygen atoms in total. The molecule has 3 amide bonds. The zero-order valence-electron chi connectivity index (χ0n) is 18.5. The Morgan fingerprint density at radius 3 is 2.40 bits per heavy atom. The molecule has 0 bridgehead atoms. The van der Waals surface area contributed by atoms with Gasteiger partial charge in [-0.15, -0.1) is 0 Å². The molecule has 4 rings (SSSR count). The van der Waals surface area contributed by atoms with Crippen molar-refractivity contribution in [3.63, 3.8) is 0 Å². The number of carbonyl (C=O) groups is 3. The lowest BCUT2D eigenvalue weighted by molar-refractivity contribution is -0.133. The maximum atomic E-state index is 13.1. The SMILES string of the molecule is CCOc1ccc(NC(=O)C(=O)Nn2c(C(=O)Nc3ccccc3Cl)cc3cc(Br)ccc32)cc1. The van der Waals surface area contributed by atoms with E-state index >= 15 is 0 Å². The van der Waals surface area contributed by atoms with Gasteiger partial charge in [-0.3, -0.25) is 19.8 Å². The maximum absolute atomic E-state index is 13.1. The number of halogens is 2. The normalized spacial score (nSPS) is 10.6. The number of fused-ring (bicyclic) bond motifs is 1. The van der Waals surface area contributed by atoms with Gasteiger partial charge in [-0.1, -0.05) is 39.7 Å². The Bertz CT molecular complexity index is 1420. The minimum absolute atomic E-state index is 0.111. The van der Waals surface area contributed by atoms with Gasteiger partial charge in [0, 0.05) is 15.5 Å². The summed E-state index contributed by atoms with van der Waals surface area (Å²) in [5.74, 6) is -1.72. The predicted octanol–water partition coefficient (Wildman–Crippen LogP) is 5.42. The fourth-order valence-corrected chi connectivity index (χ4v) is 3.93. The second kappa shape index (κ2) is 10.6. The number of benzene rings is 3. The maximum Gasteiger partial charge on any atom is 0.328 e. The minimum Gasteiger partial charge on any atom is -0.494 e. The number of rotatable bonds is 6. The number of para-hydroxylation sites is 1. The highest BCUT2D eigenvalue weighted by Gasteiger charge is 2.21. The van der Waals surface area contributed by atoms with Gasteiger partial charge in [-0.05, 0) is 67.6 Å². The van der Waals surface area contributed by atoms with Crippen molar-refractivity contribution in [3.05, 3.63) is 88.0 Å². The van der Waals surface area contributed by atoms with Gasteiger partial charge in [0.25, 0.3) is 5.91 Å². The summed E-state index contributed by atoms with van der Waals surface area (Å²) in [7, 11) is 0. The standard InChI is InChI=1S/C25H20BrClN4O4/c1-2-35-18-10-8-17(9-11-18)28-24(33)25(34)30-31-21-12-7-16(26)13-15(21)14-22(31)23(32)29-20-6-4-3-5-19(20)27/h3-14H,2H2,1H3,(H,28,33)(H,29,32)(H,30,34). The molecule has 0 fully saturated rings. The van der Waals surface area contributed by atoms with Gasteiger partial charge >= 0.3 is 11.8 Å². The molecule has 1 aromatic heterocycles. The first-order valence-corrected chi connectivity index (χ1v) is 11.7. The van der Waals surface area contributed by atoms with Crippen molar-refractivity contribution in [2.45, 2.75) is 6.92 Å². The Morgan fingerprint density at radius 1 is 0.943 bits per heavy atom. The number of carbonyl (C=O) groups excluding carboxylic acids is 3. The summed E-state index contributed by atoms with van der Waals surface area (Å²) in [6.45, 7) is 2.38. The van der Waals surface area contributed by atoms with E-state index in [4.69, 9.17) is 16.3 Å². The first kappa shape index (κ1) is 24.3. The highest BCUT2D eigenvalue weighted by Crippen LogP contribution is 2.25. The minimum atomic E-state index is -0.953. The van der Waals surface area contributed by atoms with E-state index in [-0.39, 0.29) is 5.69 Å². The van der Waals surface area contributed by atoms with Crippen molar-refractivity contribution >= 4 is 67.5 Å². The van der Waals surface area contributed by atoms with Crippen molar-refractivity contribution in [3.8, 4) is 5.75 Å². The van der Waals surface area contributed by atoms with E-state index in [1.807, 2.05) is 6.92 Å². The molecule has 0 aliphatic rings. The third kappa shape index (κ3) is 5.64. The molecular weight excluding hydrogens is 536 g/mol. The highest BCUT2D eigenvalue weighted by molar-refractivity contribution is 9.10. The first-order chi connectivity index (χ1) is 16.9. The largest absolute Gasteiger partial charge is 0.494 e. The fraction of sp³-hybridized carbons (Fsp3) is 0.0800. The van der Waals surface area contributed by atoms with Crippen molar-refractivity contribution in [1.82, 2.24) is 4.68 Å². The van der Waals surface area contributed by atoms with E-state index in [9.17, 15) is 14.4 Å². The number of hydrogen-bond donors (Lipinski definition) is 3. The summed E-state index contributed by atoms with van der Waals surface area (Å²) < 4.78 is 7.44. The molecule has 0 unspecified atom stereocenters. The van der Waals surface area contributed by atoms with Gasteiger partial charge in [0.05, 0.1) is 22.8 Å². The van der Waals surface area contributed by atoms with Crippen LogP contribution in [-0.2, 0) is 9.59 Å². The van der Waals surface area contributed by atoms with Crippen molar-refractivity contribution in [2.75, 3.05) is 22.7 Å². The third-order valence-electron chi connectivity index (χ3n) is 4.96. The second-order valence-electron chi connectivity index (χ2n) is 7.35. The Morgan fingerprint density at radius 2 is 1.69 bits per heavy atom. The molecule has 35 heavy (non-hydrogen) atoms. The summed E-state index contributed by atoms with van der Waals surface area (Å²) in [5, 5.41) is 6.31. The summed E-state index contributed by atoms with van der Waals surface area (Å²) in [4.78, 5) is 38.4. The van der Waals surface area contributed by atoms with Crippen LogP contribution >= 0.6 is 27.5 Å². The van der Waals surface area contributed by atoms with Gasteiger partial charge in [0.15, 0.2) is 0 Å². The van der Waals surface area contributed by atoms with Gasteiger partial charge in [0.1, 0.15) is 11.4 Å². The molecule has 3 aromatic carbocycles. The Hall–Kier alpha value is -3.82. The molecular formula is C25H20BrClN4O4. The van der Waals surface area contributed by atoms with E-state index in [1.54, 1.807) is 72.8 Å². The fourth-order valence-electron chi connectivity index (χ4n) is 3.36. The lowest BCUT2D eigenvalue weighted by Gasteiger charge is -2.13. The summed E-state index contributed by atoms with van der Waals surface area (Å²) in [6, 6.07) is 20.3. The predicted molar refractivity (Wildman–Crippen MR) is 140 cm³/mol. The number of amides is 3. The molecule has 178 valence electrons. The van der Waals surface area contributed by atoms with Gasteiger partial charge < -0.3 is 15.4 Å². The molecule has 0 saturated carbocycles. The quantitative estimate of drug-likeness (QED) is 0.277. The molecule has 10 heteroatoms. The Balaban J connectivity index is 1.58. The van der Waals surface area contributed by atoms with Crippen LogP contribution in [0.25, 0.3) is 10.9 Å². The molecule has 0 spiro atoms. The molecule has 0 aliphatic carbocycles. The zero-order valence-corrected chi connectivity index (χ0v) is 20.8. The van der Waals surface area contributed by atoms with Crippen molar-refractivity contribution < 1.29 is 19.1 Å². The van der Waals surface area contributed by atoms with Crippen LogP contribution in [0.3, 0.4) is 0 Å². The van der Waals surface area contributed by atoms with E-state index in [2.05, 4.69) is 32.0 Å². The zero-order chi connectivity index (χ0) is 24.9. The number of nitrogens with zero attached hydrogens (tertiary/aromatic N) is 1. The Labute approximate surface area is 214 Å². The number of aromatic nitrogens is 1. The van der Waals surface area contributed by atoms with E-state index in [0.717, 1.165) is 4.47 Å². The van der Waals surface area contributed by atoms with Crippen molar-refractivity contribution in [2.24, 2.45) is 0 Å². The lowest BCUT2D eigenvalue weighted by atomic mass is 10.2. The van der Waals surface area contributed by atoms with E-state index in [1.165, 1.54) is 4.68 Å². The van der Waals surface area contributed by atoms with Crippen LogP contribution < -0.4 is 20.8 Å². The van der Waals surface area contributed by atoms with Crippen LogP contribution in [0.5, 0.6) is 5.75 Å². The lowest BCUT2D eigenvalue weighted by Crippen LogP contribution is -2.36. The molecule has 4 aromatic rings. The number of ether oxygens (including phenoxy) is 1. The molecule has 0 aliphatic heterocycles. The van der Waals surface area contributed by atoms with Crippen LogP contribution in [0, 0.1) is 0 Å². The average molecular weight is 556 g/mol. The Kier molecular flexibility index (Phi) is 7.38. The molecule has 1 heterocycles. The number of nitrogens with one attached hydrogen (secondary N) is 3. The number of hydrogen-bond acceptors (Lipinski definition) is 4.